The maximum Gasteiger partial charge on any atom is 0.0991 e. The first kappa shape index (κ1) is 18.0. The number of hydrogen-bond acceptors (Lipinski definition) is 3. The summed E-state index contributed by atoms with van der Waals surface area (Å²) in [5.74, 6) is 0.901. The van der Waals surface area contributed by atoms with E-state index in [1.165, 1.54) is 64.3 Å². The van der Waals surface area contributed by atoms with Crippen LogP contribution in [0.5, 0.6) is 0 Å². The van der Waals surface area contributed by atoms with Crippen molar-refractivity contribution < 1.29 is 0 Å². The van der Waals surface area contributed by atoms with Gasteiger partial charge in [0.15, 0.2) is 0 Å². The van der Waals surface area contributed by atoms with E-state index in [0.717, 1.165) is 37.4 Å². The molecule has 3 aliphatic rings. The lowest BCUT2D eigenvalue weighted by Crippen LogP contribution is -2.30. The van der Waals surface area contributed by atoms with Crippen LogP contribution in [0, 0.1) is 17.2 Å². The Morgan fingerprint density at radius 2 is 1.64 bits per heavy atom. The summed E-state index contributed by atoms with van der Waals surface area (Å²) >= 11 is 1.86. The van der Waals surface area contributed by atoms with Crippen molar-refractivity contribution in [3.63, 3.8) is 0 Å². The fourth-order valence-electron chi connectivity index (χ4n) is 5.14. The third-order valence-corrected chi connectivity index (χ3v) is 7.73. The zero-order chi connectivity index (χ0) is 18.9. The minimum Gasteiger partial charge on any atom is -0.302 e. The fourth-order valence-corrected chi connectivity index (χ4v) is 6.25. The molecule has 1 saturated carbocycles. The van der Waals surface area contributed by atoms with E-state index in [4.69, 9.17) is 0 Å². The molecule has 2 heterocycles. The predicted octanol–water partition coefficient (Wildman–Crippen LogP) is 6.22. The van der Waals surface area contributed by atoms with Gasteiger partial charge in [0.1, 0.15) is 0 Å². The SMILES string of the molecule is N#Cc1ccc2c(c1)C1=C(CCN(CC3CCCC3)CC1)c1ccccc1S2. The molecule has 0 aromatic heterocycles. The Hall–Kier alpha value is -2.02. The maximum atomic E-state index is 9.45. The highest BCUT2D eigenvalue weighted by atomic mass is 32.2. The molecule has 5 rings (SSSR count). The Morgan fingerprint density at radius 3 is 2.43 bits per heavy atom. The monoisotopic (exact) mass is 386 g/mol. The zero-order valence-corrected chi connectivity index (χ0v) is 17.1. The molecule has 2 nitrogen and oxygen atoms in total. The van der Waals surface area contributed by atoms with Crippen molar-refractivity contribution >= 4 is 22.9 Å². The highest BCUT2D eigenvalue weighted by Gasteiger charge is 2.27. The Labute approximate surface area is 172 Å². The average Bonchev–Trinajstić information content (AvgIpc) is 3.09. The third kappa shape index (κ3) is 3.41. The smallest absolute Gasteiger partial charge is 0.0991 e. The van der Waals surface area contributed by atoms with Gasteiger partial charge in [0.05, 0.1) is 11.6 Å². The van der Waals surface area contributed by atoms with Crippen molar-refractivity contribution in [2.75, 3.05) is 19.6 Å². The molecule has 2 aliphatic heterocycles. The summed E-state index contributed by atoms with van der Waals surface area (Å²) in [7, 11) is 0. The molecule has 0 N–H and O–H groups in total. The average molecular weight is 387 g/mol. The molecular formula is C25H26N2S. The molecule has 142 valence electrons. The summed E-state index contributed by atoms with van der Waals surface area (Å²) in [6, 6.07) is 17.4. The van der Waals surface area contributed by atoms with E-state index in [0.29, 0.717) is 0 Å². The Kier molecular flexibility index (Phi) is 5.01. The summed E-state index contributed by atoms with van der Waals surface area (Å²) < 4.78 is 0. The minimum atomic E-state index is 0.768. The first-order valence-corrected chi connectivity index (χ1v) is 11.4. The lowest BCUT2D eigenvalue weighted by Gasteiger charge is -2.24. The largest absolute Gasteiger partial charge is 0.302 e. The summed E-state index contributed by atoms with van der Waals surface area (Å²) in [5, 5.41) is 9.45. The van der Waals surface area contributed by atoms with Crippen LogP contribution in [0.1, 0.15) is 55.2 Å². The van der Waals surface area contributed by atoms with Crippen LogP contribution in [0.15, 0.2) is 52.3 Å². The van der Waals surface area contributed by atoms with Gasteiger partial charge in [-0.25, -0.2) is 0 Å². The number of rotatable bonds is 2. The van der Waals surface area contributed by atoms with Gasteiger partial charge in [0.25, 0.3) is 0 Å². The lowest BCUT2D eigenvalue weighted by atomic mass is 9.91. The van der Waals surface area contributed by atoms with E-state index < -0.39 is 0 Å². The van der Waals surface area contributed by atoms with Gasteiger partial charge in [0.2, 0.25) is 0 Å². The normalized spacial score (nSPS) is 20.0. The van der Waals surface area contributed by atoms with Gasteiger partial charge in [-0.05, 0) is 78.1 Å². The molecule has 2 aromatic rings. The van der Waals surface area contributed by atoms with Gasteiger partial charge in [-0.2, -0.15) is 5.26 Å². The second-order valence-corrected chi connectivity index (χ2v) is 9.41. The number of hydrogen-bond donors (Lipinski definition) is 0. The molecule has 0 radical (unpaired) electrons. The molecule has 0 unspecified atom stereocenters. The molecule has 28 heavy (non-hydrogen) atoms. The summed E-state index contributed by atoms with van der Waals surface area (Å²) in [6.07, 6.45) is 7.86. The van der Waals surface area contributed by atoms with Crippen LogP contribution in [0.3, 0.4) is 0 Å². The van der Waals surface area contributed by atoms with Gasteiger partial charge in [-0.3, -0.25) is 0 Å². The third-order valence-electron chi connectivity index (χ3n) is 6.58. The maximum absolute atomic E-state index is 9.45. The van der Waals surface area contributed by atoms with Crippen molar-refractivity contribution in [2.45, 2.75) is 48.3 Å². The van der Waals surface area contributed by atoms with Crippen LogP contribution >= 0.6 is 11.8 Å². The van der Waals surface area contributed by atoms with Gasteiger partial charge in [-0.1, -0.05) is 42.8 Å². The van der Waals surface area contributed by atoms with Crippen molar-refractivity contribution in [3.05, 3.63) is 59.2 Å². The quantitative estimate of drug-likeness (QED) is 0.613. The molecule has 3 heteroatoms. The number of nitrogens with zero attached hydrogens (tertiary/aromatic N) is 2. The van der Waals surface area contributed by atoms with Crippen LogP contribution < -0.4 is 0 Å². The molecule has 1 fully saturated rings. The minimum absolute atomic E-state index is 0.768. The van der Waals surface area contributed by atoms with Crippen molar-refractivity contribution in [1.82, 2.24) is 4.90 Å². The molecule has 0 saturated heterocycles. The second kappa shape index (κ2) is 7.78. The van der Waals surface area contributed by atoms with Crippen molar-refractivity contribution in [1.29, 1.82) is 5.26 Å². The Morgan fingerprint density at radius 1 is 0.929 bits per heavy atom. The van der Waals surface area contributed by atoms with Crippen LogP contribution in [0.4, 0.5) is 0 Å². The summed E-state index contributed by atoms with van der Waals surface area (Å²) in [5.41, 5.74) is 6.44. The van der Waals surface area contributed by atoms with Crippen LogP contribution in [-0.2, 0) is 0 Å². The zero-order valence-electron chi connectivity index (χ0n) is 16.3. The van der Waals surface area contributed by atoms with Gasteiger partial charge < -0.3 is 4.90 Å². The first-order chi connectivity index (χ1) is 13.8. The Bertz CT molecular complexity index is 963. The van der Waals surface area contributed by atoms with Crippen LogP contribution in [-0.4, -0.2) is 24.5 Å². The van der Waals surface area contributed by atoms with E-state index in [-0.39, 0.29) is 0 Å². The van der Waals surface area contributed by atoms with E-state index >= 15 is 0 Å². The van der Waals surface area contributed by atoms with Crippen molar-refractivity contribution in [3.8, 4) is 6.07 Å². The van der Waals surface area contributed by atoms with E-state index in [2.05, 4.69) is 47.4 Å². The van der Waals surface area contributed by atoms with E-state index in [1.54, 1.807) is 0 Å². The lowest BCUT2D eigenvalue weighted by molar-refractivity contribution is 0.244. The number of benzene rings is 2. The molecule has 2 aromatic carbocycles. The number of nitriles is 1. The molecule has 0 amide bonds. The predicted molar refractivity (Wildman–Crippen MR) is 116 cm³/mol. The molecule has 1 aliphatic carbocycles. The van der Waals surface area contributed by atoms with Crippen molar-refractivity contribution in [2.24, 2.45) is 5.92 Å². The standard InChI is InChI=1S/C25H26N2S/c26-16-19-9-10-25-23(15-19)21-12-14-27(17-18-5-1-2-6-18)13-11-20(21)22-7-3-4-8-24(22)28-25/h3-4,7-10,15,18H,1-2,5-6,11-14,17H2. The summed E-state index contributed by atoms with van der Waals surface area (Å²) in [4.78, 5) is 5.34. The van der Waals surface area contributed by atoms with Crippen LogP contribution in [0.25, 0.3) is 11.1 Å². The molecule has 0 atom stereocenters. The first-order valence-electron chi connectivity index (χ1n) is 10.6. The fraction of sp³-hybridized carbons (Fsp3) is 0.400. The van der Waals surface area contributed by atoms with Crippen LogP contribution in [0.2, 0.25) is 0 Å². The molecule has 0 spiro atoms. The van der Waals surface area contributed by atoms with Gasteiger partial charge in [-0.15, -0.1) is 0 Å². The topological polar surface area (TPSA) is 27.0 Å². The highest BCUT2D eigenvalue weighted by molar-refractivity contribution is 7.99. The van der Waals surface area contributed by atoms with Gasteiger partial charge in [0, 0.05) is 29.4 Å². The molecular weight excluding hydrogens is 360 g/mol. The van der Waals surface area contributed by atoms with E-state index in [1.807, 2.05) is 17.8 Å². The summed E-state index contributed by atoms with van der Waals surface area (Å²) in [6.45, 7) is 3.56. The second-order valence-electron chi connectivity index (χ2n) is 8.33. The van der Waals surface area contributed by atoms with Gasteiger partial charge >= 0.3 is 0 Å². The Balaban J connectivity index is 1.53. The van der Waals surface area contributed by atoms with E-state index in [9.17, 15) is 5.26 Å². The molecule has 0 bridgehead atoms. The number of fused-ring (bicyclic) bond motifs is 4. The highest BCUT2D eigenvalue weighted by Crippen LogP contribution is 2.47.